The molecule has 8 nitrogen and oxygen atoms in total. The van der Waals surface area contributed by atoms with E-state index in [0.717, 1.165) is 31.4 Å². The zero-order chi connectivity index (χ0) is 22.2. The Kier molecular flexibility index (Phi) is 9.71. The van der Waals surface area contributed by atoms with Crippen LogP contribution < -0.4 is 21.7 Å². The first-order valence-corrected chi connectivity index (χ1v) is 12.1. The highest BCUT2D eigenvalue weighted by Gasteiger charge is 2.42. The van der Waals surface area contributed by atoms with E-state index in [1.54, 1.807) is 0 Å². The maximum absolute atomic E-state index is 12.1. The lowest BCUT2D eigenvalue weighted by molar-refractivity contribution is -0.125. The molecule has 2 aliphatic rings. The van der Waals surface area contributed by atoms with Crippen LogP contribution in [0.1, 0.15) is 59.8 Å². The summed E-state index contributed by atoms with van der Waals surface area (Å²) in [6.07, 6.45) is 4.17. The van der Waals surface area contributed by atoms with E-state index in [4.69, 9.17) is 15.2 Å². The third-order valence-corrected chi connectivity index (χ3v) is 7.06. The maximum atomic E-state index is 12.1. The molecule has 2 saturated heterocycles. The van der Waals surface area contributed by atoms with Crippen molar-refractivity contribution in [2.24, 2.45) is 5.73 Å². The van der Waals surface area contributed by atoms with E-state index in [9.17, 15) is 9.59 Å². The van der Waals surface area contributed by atoms with Gasteiger partial charge in [0.2, 0.25) is 5.91 Å². The number of thioether (sulfide) groups is 1. The van der Waals surface area contributed by atoms with Crippen molar-refractivity contribution in [1.29, 1.82) is 0 Å². The van der Waals surface area contributed by atoms with Gasteiger partial charge in [-0.25, -0.2) is 4.79 Å². The fourth-order valence-electron chi connectivity index (χ4n) is 3.68. The Hall–Kier alpha value is -1.03. The molecule has 3 unspecified atom stereocenters. The summed E-state index contributed by atoms with van der Waals surface area (Å²) >= 11 is 1.92. The highest BCUT2D eigenvalue weighted by molar-refractivity contribution is 8.00. The van der Waals surface area contributed by atoms with Crippen LogP contribution in [0, 0.1) is 0 Å². The summed E-state index contributed by atoms with van der Waals surface area (Å²) in [5.74, 6) is 1.06. The van der Waals surface area contributed by atoms with Gasteiger partial charge in [-0.2, -0.15) is 11.8 Å². The van der Waals surface area contributed by atoms with Crippen molar-refractivity contribution in [3.63, 3.8) is 0 Å². The number of carbonyl (C=O) groups excluding carboxylic acids is 2. The van der Waals surface area contributed by atoms with E-state index in [1.807, 2.05) is 39.5 Å². The molecular weight excluding hydrogens is 404 g/mol. The maximum Gasteiger partial charge on any atom is 0.315 e. The Bertz CT molecular complexity index is 573. The van der Waals surface area contributed by atoms with Gasteiger partial charge in [-0.15, -0.1) is 0 Å². The Morgan fingerprint density at radius 3 is 2.70 bits per heavy atom. The van der Waals surface area contributed by atoms with Crippen LogP contribution in [0.15, 0.2) is 0 Å². The number of nitrogens with two attached hydrogens (primary N) is 1. The summed E-state index contributed by atoms with van der Waals surface area (Å²) in [5, 5.41) is 9.42. The molecule has 3 amide bonds. The van der Waals surface area contributed by atoms with Crippen LogP contribution in [0.4, 0.5) is 4.79 Å². The molecule has 0 aromatic carbocycles. The number of urea groups is 1. The summed E-state index contributed by atoms with van der Waals surface area (Å²) in [4.78, 5) is 23.6. The van der Waals surface area contributed by atoms with E-state index in [0.29, 0.717) is 38.0 Å². The lowest BCUT2D eigenvalue weighted by Gasteiger charge is -2.32. The smallest absolute Gasteiger partial charge is 0.315 e. The minimum atomic E-state index is -0.380. The van der Waals surface area contributed by atoms with Gasteiger partial charge in [0.15, 0.2) is 0 Å². The summed E-state index contributed by atoms with van der Waals surface area (Å²) in [6, 6.07) is 0.455. The molecule has 2 heterocycles. The van der Waals surface area contributed by atoms with Gasteiger partial charge < -0.3 is 31.2 Å². The van der Waals surface area contributed by atoms with Crippen LogP contribution in [-0.2, 0) is 14.3 Å². The summed E-state index contributed by atoms with van der Waals surface area (Å²) in [5.41, 5.74) is 4.77. The molecule has 2 fully saturated rings. The number of hydrogen-bond donors (Lipinski definition) is 4. The second-order valence-electron chi connectivity index (χ2n) is 9.41. The predicted octanol–water partition coefficient (Wildman–Crippen LogP) is 1.77. The minimum Gasteiger partial charge on any atom is -0.373 e. The third kappa shape index (κ3) is 8.61. The largest absolute Gasteiger partial charge is 0.373 e. The summed E-state index contributed by atoms with van der Waals surface area (Å²) < 4.78 is 11.7. The number of fused-ring (bicyclic) bond motifs is 1. The van der Waals surface area contributed by atoms with E-state index in [-0.39, 0.29) is 35.2 Å². The van der Waals surface area contributed by atoms with Crippen LogP contribution >= 0.6 is 11.8 Å². The molecule has 0 aliphatic carbocycles. The van der Waals surface area contributed by atoms with Crippen molar-refractivity contribution >= 4 is 23.7 Å². The molecule has 30 heavy (non-hydrogen) atoms. The lowest BCUT2D eigenvalue weighted by atomic mass is 10.0. The summed E-state index contributed by atoms with van der Waals surface area (Å²) in [7, 11) is 0. The molecule has 0 saturated carbocycles. The first-order chi connectivity index (χ1) is 14.1. The van der Waals surface area contributed by atoms with Crippen molar-refractivity contribution in [2.45, 2.75) is 88.3 Å². The third-order valence-electron chi connectivity index (χ3n) is 5.55. The van der Waals surface area contributed by atoms with E-state index >= 15 is 0 Å². The van der Waals surface area contributed by atoms with Crippen molar-refractivity contribution in [3.8, 4) is 0 Å². The van der Waals surface area contributed by atoms with Gasteiger partial charge in [0, 0.05) is 30.5 Å². The molecular formula is C21H40N4O4S. The molecule has 9 heteroatoms. The molecule has 2 rings (SSSR count). The van der Waals surface area contributed by atoms with E-state index in [1.165, 1.54) is 0 Å². The Labute approximate surface area is 185 Å². The van der Waals surface area contributed by atoms with Crippen molar-refractivity contribution in [1.82, 2.24) is 16.0 Å². The highest BCUT2D eigenvalue weighted by atomic mass is 32.2. The molecule has 0 aromatic rings. The van der Waals surface area contributed by atoms with Gasteiger partial charge >= 0.3 is 6.03 Å². The fourth-order valence-corrected chi connectivity index (χ4v) is 5.23. The normalized spacial score (nSPS) is 23.8. The second-order valence-corrected chi connectivity index (χ2v) is 10.7. The number of hydrogen-bond acceptors (Lipinski definition) is 6. The number of unbranched alkanes of at least 4 members (excludes halogenated alkanes) is 1. The van der Waals surface area contributed by atoms with Crippen molar-refractivity contribution in [3.05, 3.63) is 0 Å². The fraction of sp³-hybridized carbons (Fsp3) is 0.905. The predicted molar refractivity (Wildman–Crippen MR) is 121 cm³/mol. The molecule has 0 bridgehead atoms. The van der Waals surface area contributed by atoms with Crippen LogP contribution in [0.2, 0.25) is 0 Å². The Morgan fingerprint density at radius 2 is 1.97 bits per heavy atom. The monoisotopic (exact) mass is 444 g/mol. The van der Waals surface area contributed by atoms with Gasteiger partial charge in [0.1, 0.15) is 0 Å². The van der Waals surface area contributed by atoms with E-state index < -0.39 is 0 Å². The molecule has 0 aromatic heterocycles. The van der Waals surface area contributed by atoms with Gasteiger partial charge in [-0.1, -0.05) is 6.42 Å². The standard InChI is InChI=1S/C21H40N4O4S/c1-20(2,29-14-21(3,4)28-12-10-22)9-11-23-17(26)8-6-5-7-16-18-15(13-30-16)24-19(27)25-18/h15-16,18H,5-14,22H2,1-4H3,(H,23,26)(H2,24,25,27). The van der Waals surface area contributed by atoms with E-state index in [2.05, 4.69) is 16.0 Å². The van der Waals surface area contributed by atoms with Gasteiger partial charge in [0.05, 0.1) is 36.5 Å². The Morgan fingerprint density at radius 1 is 1.20 bits per heavy atom. The molecule has 5 N–H and O–H groups in total. The number of rotatable bonds is 14. The number of amides is 3. The number of carbonyl (C=O) groups is 2. The van der Waals surface area contributed by atoms with Crippen LogP contribution in [-0.4, -0.2) is 72.5 Å². The first kappa shape index (κ1) is 25.2. The van der Waals surface area contributed by atoms with Crippen LogP contribution in [0.5, 0.6) is 0 Å². The highest BCUT2D eigenvalue weighted by Crippen LogP contribution is 2.33. The lowest BCUT2D eigenvalue weighted by Crippen LogP contribution is -2.39. The molecule has 2 aliphatic heterocycles. The zero-order valence-corrected chi connectivity index (χ0v) is 19.7. The number of nitrogens with one attached hydrogen (secondary N) is 3. The molecule has 3 atom stereocenters. The topological polar surface area (TPSA) is 115 Å². The Balaban J connectivity index is 1.53. The average Bonchev–Trinajstić information content (AvgIpc) is 3.21. The van der Waals surface area contributed by atoms with Crippen molar-refractivity contribution < 1.29 is 19.1 Å². The van der Waals surface area contributed by atoms with Crippen LogP contribution in [0.25, 0.3) is 0 Å². The first-order valence-electron chi connectivity index (χ1n) is 11.1. The SMILES string of the molecule is CC(C)(CCNC(=O)CCCCC1SCC2NC(=O)NC21)OCC(C)(C)OCCN. The van der Waals surface area contributed by atoms with Gasteiger partial charge in [-0.05, 0) is 47.0 Å². The summed E-state index contributed by atoms with van der Waals surface area (Å²) in [6.45, 7) is 10.1. The van der Waals surface area contributed by atoms with Crippen molar-refractivity contribution in [2.75, 3.05) is 32.1 Å². The quantitative estimate of drug-likeness (QED) is 0.240. The van der Waals surface area contributed by atoms with Gasteiger partial charge in [-0.3, -0.25) is 4.79 Å². The minimum absolute atomic E-state index is 0.0479. The number of ether oxygens (including phenoxy) is 2. The van der Waals surface area contributed by atoms with Crippen LogP contribution in [0.3, 0.4) is 0 Å². The zero-order valence-electron chi connectivity index (χ0n) is 18.9. The molecule has 0 radical (unpaired) electrons. The average molecular weight is 445 g/mol. The molecule has 174 valence electrons. The molecule has 0 spiro atoms. The second kappa shape index (κ2) is 11.5. The van der Waals surface area contributed by atoms with Gasteiger partial charge in [0.25, 0.3) is 0 Å².